The van der Waals surface area contributed by atoms with E-state index in [0.29, 0.717) is 29.1 Å². The van der Waals surface area contributed by atoms with Gasteiger partial charge in [-0.15, -0.1) is 0 Å². The highest BCUT2D eigenvalue weighted by Gasteiger charge is 2.22. The van der Waals surface area contributed by atoms with Crippen LogP contribution in [0.4, 0.5) is 5.69 Å². The van der Waals surface area contributed by atoms with Crippen molar-refractivity contribution in [3.05, 3.63) is 22.7 Å². The summed E-state index contributed by atoms with van der Waals surface area (Å²) in [6, 6.07) is 3.43. The molecule has 1 atom stereocenters. The summed E-state index contributed by atoms with van der Waals surface area (Å²) < 4.78 is 10.6. The van der Waals surface area contributed by atoms with Crippen LogP contribution >= 0.6 is 11.6 Å². The third-order valence-corrected chi connectivity index (χ3v) is 4.09. The predicted molar refractivity (Wildman–Crippen MR) is 83.0 cm³/mol. The zero-order chi connectivity index (χ0) is 15.4. The number of piperidine rings is 1. The third kappa shape index (κ3) is 3.80. The summed E-state index contributed by atoms with van der Waals surface area (Å²) in [5.41, 5.74) is 6.40. The molecule has 1 fully saturated rings. The molecule has 0 spiro atoms. The van der Waals surface area contributed by atoms with Crippen molar-refractivity contribution in [2.24, 2.45) is 0 Å². The summed E-state index contributed by atoms with van der Waals surface area (Å²) in [6.45, 7) is 1.55. The molecule has 1 heterocycles. The number of methoxy groups -OCH3 is 1. The fourth-order valence-corrected chi connectivity index (χ4v) is 2.84. The molecular weight excluding hydrogens is 292 g/mol. The Morgan fingerprint density at radius 1 is 1.48 bits per heavy atom. The van der Waals surface area contributed by atoms with E-state index in [0.717, 1.165) is 13.0 Å². The van der Waals surface area contributed by atoms with Crippen molar-refractivity contribution in [3.8, 4) is 5.75 Å². The fraction of sp³-hybridized carbons (Fsp3) is 0.533. The number of likely N-dealkylation sites (N-methyl/N-ethyl adjacent to an activating group) is 1. The summed E-state index contributed by atoms with van der Waals surface area (Å²) in [4.78, 5) is 14.1. The molecule has 5 nitrogen and oxygen atoms in total. The third-order valence-electron chi connectivity index (χ3n) is 3.81. The van der Waals surface area contributed by atoms with Gasteiger partial charge in [-0.25, -0.2) is 4.79 Å². The van der Waals surface area contributed by atoms with Crippen molar-refractivity contribution in [1.82, 2.24) is 4.90 Å². The Bertz CT molecular complexity index is 522. The molecule has 0 bridgehead atoms. The Morgan fingerprint density at radius 3 is 2.90 bits per heavy atom. The molecule has 0 aromatic heterocycles. The maximum Gasteiger partial charge on any atom is 0.341 e. The second kappa shape index (κ2) is 7.00. The number of nitrogen functional groups attached to an aromatic ring is 1. The maximum atomic E-state index is 11.8. The quantitative estimate of drug-likeness (QED) is 0.684. The first-order valence-electron chi connectivity index (χ1n) is 7.03. The van der Waals surface area contributed by atoms with E-state index in [4.69, 9.17) is 26.8 Å². The lowest BCUT2D eigenvalue weighted by Crippen LogP contribution is -2.40. The summed E-state index contributed by atoms with van der Waals surface area (Å²) in [5, 5.41) is 0.328. The van der Waals surface area contributed by atoms with E-state index in [1.807, 2.05) is 0 Å². The highest BCUT2D eigenvalue weighted by atomic mass is 35.5. The number of carbonyl (C=O) groups is 1. The van der Waals surface area contributed by atoms with Gasteiger partial charge >= 0.3 is 5.97 Å². The number of carbonyl (C=O) groups excluding carboxylic acids is 1. The standard InChI is InChI=1S/C15H21ClN2O3/c1-18-6-4-3-5-11(18)9-21-14-12(15(19)20-2)7-10(17)8-13(14)16/h7-8,11H,3-6,9,17H2,1-2H3. The van der Waals surface area contributed by atoms with Crippen LogP contribution in [-0.2, 0) is 4.74 Å². The number of benzene rings is 1. The van der Waals surface area contributed by atoms with E-state index in [9.17, 15) is 4.79 Å². The Hall–Kier alpha value is -1.46. The maximum absolute atomic E-state index is 11.8. The molecule has 6 heteroatoms. The lowest BCUT2D eigenvalue weighted by molar-refractivity contribution is 0.0592. The number of hydrogen-bond acceptors (Lipinski definition) is 5. The monoisotopic (exact) mass is 312 g/mol. The van der Waals surface area contributed by atoms with Gasteiger partial charge in [0.05, 0.1) is 12.1 Å². The second-order valence-electron chi connectivity index (χ2n) is 5.31. The Kier molecular flexibility index (Phi) is 5.31. The minimum Gasteiger partial charge on any atom is -0.489 e. The van der Waals surface area contributed by atoms with Crippen molar-refractivity contribution in [1.29, 1.82) is 0 Å². The zero-order valence-corrected chi connectivity index (χ0v) is 13.2. The van der Waals surface area contributed by atoms with Gasteiger partial charge in [0.15, 0.2) is 5.75 Å². The van der Waals surface area contributed by atoms with E-state index < -0.39 is 5.97 Å². The van der Waals surface area contributed by atoms with Crippen LogP contribution in [0.5, 0.6) is 5.75 Å². The van der Waals surface area contributed by atoms with Crippen molar-refractivity contribution < 1.29 is 14.3 Å². The smallest absolute Gasteiger partial charge is 0.341 e. The predicted octanol–water partition coefficient (Wildman–Crippen LogP) is 2.57. The summed E-state index contributed by atoms with van der Waals surface area (Å²) in [6.07, 6.45) is 3.48. The van der Waals surface area contributed by atoms with Crippen LogP contribution < -0.4 is 10.5 Å². The molecule has 1 aliphatic rings. The van der Waals surface area contributed by atoms with Gasteiger partial charge < -0.3 is 20.1 Å². The van der Waals surface area contributed by atoms with Crippen LogP contribution in [0.3, 0.4) is 0 Å². The molecule has 0 aliphatic carbocycles. The number of nitrogens with zero attached hydrogens (tertiary/aromatic N) is 1. The van der Waals surface area contributed by atoms with Crippen molar-refractivity contribution in [2.45, 2.75) is 25.3 Å². The van der Waals surface area contributed by atoms with Gasteiger partial charge in [-0.1, -0.05) is 18.0 Å². The average molecular weight is 313 g/mol. The largest absolute Gasteiger partial charge is 0.489 e. The first kappa shape index (κ1) is 15.9. The molecule has 2 N–H and O–H groups in total. The average Bonchev–Trinajstić information content (AvgIpc) is 2.46. The van der Waals surface area contributed by atoms with Gasteiger partial charge in [0.25, 0.3) is 0 Å². The second-order valence-corrected chi connectivity index (χ2v) is 5.72. The van der Waals surface area contributed by atoms with Crippen molar-refractivity contribution >= 4 is 23.3 Å². The SMILES string of the molecule is COC(=O)c1cc(N)cc(Cl)c1OCC1CCCCN1C. The highest BCUT2D eigenvalue weighted by Crippen LogP contribution is 2.32. The van der Waals surface area contributed by atoms with Gasteiger partial charge in [-0.05, 0) is 38.6 Å². The first-order valence-corrected chi connectivity index (χ1v) is 7.41. The summed E-state index contributed by atoms with van der Waals surface area (Å²) >= 11 is 6.16. The number of hydrogen-bond donors (Lipinski definition) is 1. The van der Waals surface area contributed by atoms with Crippen LogP contribution in [-0.4, -0.2) is 44.2 Å². The number of halogens is 1. The highest BCUT2D eigenvalue weighted by molar-refractivity contribution is 6.33. The van der Waals surface area contributed by atoms with Gasteiger partial charge in [0, 0.05) is 11.7 Å². The molecule has 2 rings (SSSR count). The summed E-state index contributed by atoms with van der Waals surface area (Å²) in [7, 11) is 3.40. The van der Waals surface area contributed by atoms with E-state index in [1.165, 1.54) is 26.0 Å². The van der Waals surface area contributed by atoms with Crippen molar-refractivity contribution in [2.75, 3.05) is 33.0 Å². The minimum absolute atomic E-state index is 0.265. The van der Waals surface area contributed by atoms with Gasteiger partial charge in [-0.3, -0.25) is 0 Å². The first-order chi connectivity index (χ1) is 10.0. The van der Waals surface area contributed by atoms with E-state index in [2.05, 4.69) is 11.9 Å². The van der Waals surface area contributed by atoms with Gasteiger partial charge in [0.2, 0.25) is 0 Å². The molecule has 0 amide bonds. The van der Waals surface area contributed by atoms with Crippen LogP contribution in [0.2, 0.25) is 5.02 Å². The van der Waals surface area contributed by atoms with Crippen LogP contribution in [0.15, 0.2) is 12.1 Å². The normalized spacial score (nSPS) is 19.3. The molecular formula is C15H21ClN2O3. The van der Waals surface area contributed by atoms with E-state index in [1.54, 1.807) is 6.07 Å². The van der Waals surface area contributed by atoms with Crippen LogP contribution in [0.25, 0.3) is 0 Å². The topological polar surface area (TPSA) is 64.8 Å². The fourth-order valence-electron chi connectivity index (χ4n) is 2.56. The number of esters is 1. The Morgan fingerprint density at radius 2 is 2.24 bits per heavy atom. The zero-order valence-electron chi connectivity index (χ0n) is 12.4. The molecule has 1 aromatic carbocycles. The van der Waals surface area contributed by atoms with Crippen molar-refractivity contribution in [3.63, 3.8) is 0 Å². The number of anilines is 1. The van der Waals surface area contributed by atoms with Gasteiger partial charge in [-0.2, -0.15) is 0 Å². The van der Waals surface area contributed by atoms with Crippen LogP contribution in [0.1, 0.15) is 29.6 Å². The molecule has 0 radical (unpaired) electrons. The lowest BCUT2D eigenvalue weighted by atomic mass is 10.0. The number of rotatable bonds is 4. The molecule has 1 saturated heterocycles. The lowest BCUT2D eigenvalue weighted by Gasteiger charge is -2.32. The minimum atomic E-state index is -0.504. The molecule has 116 valence electrons. The molecule has 0 saturated carbocycles. The van der Waals surface area contributed by atoms with E-state index >= 15 is 0 Å². The Labute approximate surface area is 130 Å². The molecule has 1 aromatic rings. The van der Waals surface area contributed by atoms with Gasteiger partial charge in [0.1, 0.15) is 12.2 Å². The van der Waals surface area contributed by atoms with Crippen LogP contribution in [0, 0.1) is 0 Å². The summed E-state index contributed by atoms with van der Waals surface area (Å²) in [5.74, 6) is -0.159. The molecule has 21 heavy (non-hydrogen) atoms. The van der Waals surface area contributed by atoms with E-state index in [-0.39, 0.29) is 5.56 Å². The molecule has 1 aliphatic heterocycles. The molecule has 1 unspecified atom stereocenters. The number of nitrogens with two attached hydrogens (primary N) is 1. The number of likely N-dealkylation sites (tertiary alicyclic amines) is 1. The number of ether oxygens (including phenoxy) is 2. The Balaban J connectivity index is 2.16.